The van der Waals surface area contributed by atoms with E-state index in [2.05, 4.69) is 5.32 Å². The highest BCUT2D eigenvalue weighted by Gasteiger charge is 2.62. The number of imide groups is 2. The smallest absolute Gasteiger partial charge is 0.276 e. The summed E-state index contributed by atoms with van der Waals surface area (Å²) in [4.78, 5) is 37.1. The van der Waals surface area contributed by atoms with Gasteiger partial charge in [0.05, 0.1) is 5.69 Å². The maximum atomic E-state index is 12.4. The number of nitrogens with zero attached hydrogens (tertiary/aromatic N) is 1. The molecule has 1 aliphatic carbocycles. The number of anilines is 1. The fourth-order valence-electron chi connectivity index (χ4n) is 2.39. The van der Waals surface area contributed by atoms with Crippen molar-refractivity contribution in [3.63, 3.8) is 0 Å². The van der Waals surface area contributed by atoms with Crippen LogP contribution >= 0.6 is 0 Å². The summed E-state index contributed by atoms with van der Waals surface area (Å²) >= 11 is 0. The van der Waals surface area contributed by atoms with Crippen LogP contribution in [0.15, 0.2) is 24.3 Å². The molecule has 0 radical (unpaired) electrons. The standard InChI is InChI=1S/C14H14N2O3/c1-2-9-4-3-5-10(8-9)16-12(18)14(6-7-14)11(17)15-13(16)19/h3-5,8H,2,6-7H2,1H3,(H,15,17,19). The normalized spacial score (nSPS) is 20.7. The van der Waals surface area contributed by atoms with Crippen molar-refractivity contribution in [1.29, 1.82) is 0 Å². The fourth-order valence-corrected chi connectivity index (χ4v) is 2.39. The zero-order valence-corrected chi connectivity index (χ0v) is 10.6. The molecule has 1 aromatic rings. The molecule has 1 spiro atoms. The Morgan fingerprint density at radius 3 is 2.63 bits per heavy atom. The quantitative estimate of drug-likeness (QED) is 0.819. The Balaban J connectivity index is 2.01. The summed E-state index contributed by atoms with van der Waals surface area (Å²) in [6.45, 7) is 2.00. The molecule has 0 bridgehead atoms. The van der Waals surface area contributed by atoms with Crippen molar-refractivity contribution < 1.29 is 14.4 Å². The van der Waals surface area contributed by atoms with Crippen LogP contribution in [0, 0.1) is 5.41 Å². The van der Waals surface area contributed by atoms with E-state index in [0.29, 0.717) is 18.5 Å². The molecule has 0 aromatic heterocycles. The number of nitrogens with one attached hydrogen (secondary N) is 1. The molecule has 4 amide bonds. The van der Waals surface area contributed by atoms with E-state index in [1.807, 2.05) is 25.1 Å². The van der Waals surface area contributed by atoms with E-state index in [-0.39, 0.29) is 0 Å². The number of hydrogen-bond acceptors (Lipinski definition) is 3. The first-order chi connectivity index (χ1) is 9.08. The molecule has 98 valence electrons. The van der Waals surface area contributed by atoms with Crippen molar-refractivity contribution in [2.75, 3.05) is 4.90 Å². The topological polar surface area (TPSA) is 66.5 Å². The molecule has 1 N–H and O–H groups in total. The number of barbiturate groups is 1. The third-order valence-electron chi connectivity index (χ3n) is 3.80. The third kappa shape index (κ3) is 1.65. The summed E-state index contributed by atoms with van der Waals surface area (Å²) in [5.41, 5.74) is 0.580. The number of hydrogen-bond donors (Lipinski definition) is 1. The van der Waals surface area contributed by atoms with Gasteiger partial charge in [0.1, 0.15) is 5.41 Å². The predicted octanol–water partition coefficient (Wildman–Crippen LogP) is 1.61. The van der Waals surface area contributed by atoms with Gasteiger partial charge < -0.3 is 0 Å². The molecule has 5 heteroatoms. The van der Waals surface area contributed by atoms with Crippen LogP contribution in [0.2, 0.25) is 0 Å². The summed E-state index contributed by atoms with van der Waals surface area (Å²) in [5.74, 6) is -0.847. The molecule has 1 aromatic carbocycles. The first kappa shape index (κ1) is 11.9. The number of carbonyl (C=O) groups is 3. The van der Waals surface area contributed by atoms with Gasteiger partial charge in [-0.1, -0.05) is 19.1 Å². The van der Waals surface area contributed by atoms with E-state index in [9.17, 15) is 14.4 Å². The minimum atomic E-state index is -0.990. The fraction of sp³-hybridized carbons (Fsp3) is 0.357. The number of aryl methyl sites for hydroxylation is 1. The second kappa shape index (κ2) is 3.91. The molecule has 0 atom stereocenters. The number of carbonyl (C=O) groups excluding carboxylic acids is 3. The number of rotatable bonds is 2. The Kier molecular flexibility index (Phi) is 2.45. The van der Waals surface area contributed by atoms with E-state index in [0.717, 1.165) is 16.9 Å². The molecule has 3 rings (SSSR count). The number of benzene rings is 1. The van der Waals surface area contributed by atoms with Gasteiger partial charge in [0.2, 0.25) is 5.91 Å². The Labute approximate surface area is 110 Å². The van der Waals surface area contributed by atoms with Gasteiger partial charge in [0.15, 0.2) is 0 Å². The van der Waals surface area contributed by atoms with Gasteiger partial charge in [0, 0.05) is 0 Å². The molecular weight excluding hydrogens is 244 g/mol. The second-order valence-corrected chi connectivity index (χ2v) is 5.01. The minimum absolute atomic E-state index is 0.394. The van der Waals surface area contributed by atoms with Crippen molar-refractivity contribution in [3.05, 3.63) is 29.8 Å². The van der Waals surface area contributed by atoms with E-state index in [1.165, 1.54) is 0 Å². The van der Waals surface area contributed by atoms with Gasteiger partial charge in [-0.05, 0) is 37.0 Å². The lowest BCUT2D eigenvalue weighted by molar-refractivity contribution is -0.136. The summed E-state index contributed by atoms with van der Waals surface area (Å²) in [6, 6.07) is 6.62. The zero-order valence-electron chi connectivity index (χ0n) is 10.6. The SMILES string of the molecule is CCc1cccc(N2C(=O)NC(=O)C3(CC3)C2=O)c1. The van der Waals surface area contributed by atoms with Crippen molar-refractivity contribution in [2.45, 2.75) is 26.2 Å². The van der Waals surface area contributed by atoms with Crippen LogP contribution in [-0.4, -0.2) is 17.8 Å². The minimum Gasteiger partial charge on any atom is -0.276 e. The van der Waals surface area contributed by atoms with Crippen LogP contribution < -0.4 is 10.2 Å². The van der Waals surface area contributed by atoms with E-state index < -0.39 is 23.3 Å². The molecule has 2 fully saturated rings. The van der Waals surface area contributed by atoms with Crippen molar-refractivity contribution in [2.24, 2.45) is 5.41 Å². The van der Waals surface area contributed by atoms with Crippen LogP contribution in [0.1, 0.15) is 25.3 Å². The maximum absolute atomic E-state index is 12.4. The summed E-state index contributed by atoms with van der Waals surface area (Å²) in [6.07, 6.45) is 1.87. The van der Waals surface area contributed by atoms with Gasteiger partial charge in [-0.3, -0.25) is 14.9 Å². The summed E-state index contributed by atoms with van der Waals surface area (Å²) in [5, 5.41) is 2.28. The van der Waals surface area contributed by atoms with Gasteiger partial charge in [-0.25, -0.2) is 9.69 Å². The van der Waals surface area contributed by atoms with Crippen molar-refractivity contribution in [1.82, 2.24) is 5.32 Å². The van der Waals surface area contributed by atoms with Gasteiger partial charge in [-0.2, -0.15) is 0 Å². The summed E-state index contributed by atoms with van der Waals surface area (Å²) in [7, 11) is 0. The largest absolute Gasteiger partial charge is 0.335 e. The highest BCUT2D eigenvalue weighted by Crippen LogP contribution is 2.49. The summed E-state index contributed by atoms with van der Waals surface area (Å²) < 4.78 is 0. The highest BCUT2D eigenvalue weighted by atomic mass is 16.2. The highest BCUT2D eigenvalue weighted by molar-refractivity contribution is 6.31. The number of amides is 4. The van der Waals surface area contributed by atoms with Gasteiger partial charge in [0.25, 0.3) is 5.91 Å². The van der Waals surface area contributed by atoms with Gasteiger partial charge >= 0.3 is 6.03 Å². The van der Waals surface area contributed by atoms with Crippen LogP contribution in [0.25, 0.3) is 0 Å². The number of urea groups is 1. The third-order valence-corrected chi connectivity index (χ3v) is 3.80. The van der Waals surface area contributed by atoms with E-state index in [1.54, 1.807) is 6.07 Å². The molecule has 5 nitrogen and oxygen atoms in total. The predicted molar refractivity (Wildman–Crippen MR) is 68.5 cm³/mol. The lowest BCUT2D eigenvalue weighted by Crippen LogP contribution is -2.59. The monoisotopic (exact) mass is 258 g/mol. The molecular formula is C14H14N2O3. The van der Waals surface area contributed by atoms with Crippen LogP contribution in [-0.2, 0) is 16.0 Å². The lowest BCUT2D eigenvalue weighted by atomic mass is 10.0. The van der Waals surface area contributed by atoms with E-state index in [4.69, 9.17) is 0 Å². The Bertz CT molecular complexity index is 590. The maximum Gasteiger partial charge on any atom is 0.335 e. The van der Waals surface area contributed by atoms with Crippen LogP contribution in [0.4, 0.5) is 10.5 Å². The van der Waals surface area contributed by atoms with Gasteiger partial charge in [-0.15, -0.1) is 0 Å². The molecule has 1 heterocycles. The van der Waals surface area contributed by atoms with E-state index >= 15 is 0 Å². The van der Waals surface area contributed by atoms with Crippen LogP contribution in [0.5, 0.6) is 0 Å². The average Bonchev–Trinajstić information content (AvgIpc) is 3.19. The van der Waals surface area contributed by atoms with Crippen molar-refractivity contribution in [3.8, 4) is 0 Å². The molecule has 2 aliphatic rings. The first-order valence-corrected chi connectivity index (χ1v) is 6.37. The molecule has 1 saturated heterocycles. The Hall–Kier alpha value is -2.17. The second-order valence-electron chi connectivity index (χ2n) is 5.01. The molecule has 19 heavy (non-hydrogen) atoms. The Morgan fingerprint density at radius 2 is 2.00 bits per heavy atom. The molecule has 1 saturated carbocycles. The zero-order chi connectivity index (χ0) is 13.6. The van der Waals surface area contributed by atoms with Crippen LogP contribution in [0.3, 0.4) is 0 Å². The Morgan fingerprint density at radius 1 is 1.26 bits per heavy atom. The lowest BCUT2D eigenvalue weighted by Gasteiger charge is -2.30. The first-order valence-electron chi connectivity index (χ1n) is 6.37. The molecule has 1 aliphatic heterocycles. The van der Waals surface area contributed by atoms with Crippen molar-refractivity contribution >= 4 is 23.5 Å². The molecule has 0 unspecified atom stereocenters. The average molecular weight is 258 g/mol.